The van der Waals surface area contributed by atoms with Gasteiger partial charge in [0.25, 0.3) is 0 Å². The highest BCUT2D eigenvalue weighted by atomic mass is 14.8. The molecule has 0 heterocycles. The summed E-state index contributed by atoms with van der Waals surface area (Å²) in [6.45, 7) is 8.58. The van der Waals surface area contributed by atoms with E-state index in [0.29, 0.717) is 5.92 Å². The Labute approximate surface area is 116 Å². The molecule has 0 saturated heterocycles. The van der Waals surface area contributed by atoms with Crippen molar-refractivity contribution in [2.45, 2.75) is 45.6 Å². The Kier molecular flexibility index (Phi) is 4.04. The van der Waals surface area contributed by atoms with Crippen LogP contribution < -0.4 is 0 Å². The molecule has 1 aromatic carbocycles. The van der Waals surface area contributed by atoms with Gasteiger partial charge in [-0.1, -0.05) is 48.1 Å². The molecule has 1 aliphatic rings. The summed E-state index contributed by atoms with van der Waals surface area (Å²) in [6.07, 6.45) is 9.58. The Balaban J connectivity index is 2.20. The van der Waals surface area contributed by atoms with Gasteiger partial charge in [0, 0.05) is 18.6 Å². The van der Waals surface area contributed by atoms with E-state index in [-0.39, 0.29) is 5.54 Å². The van der Waals surface area contributed by atoms with E-state index in [1.54, 1.807) is 0 Å². The first-order chi connectivity index (χ1) is 8.97. The van der Waals surface area contributed by atoms with E-state index in [0.717, 1.165) is 6.42 Å². The van der Waals surface area contributed by atoms with Gasteiger partial charge < -0.3 is 0 Å². The third kappa shape index (κ3) is 3.66. The SMILES string of the molecule is CC1=CC=CC1c1ccccc1CC=NC(C)(C)C. The standard InChI is InChI=1S/C18H23N/c1-14-8-7-11-16(14)17-10-6-5-9-15(17)12-13-19-18(2,3)4/h5-11,13,16H,12H2,1-4H3. The molecular weight excluding hydrogens is 230 g/mol. The van der Waals surface area contributed by atoms with E-state index >= 15 is 0 Å². The number of aliphatic imine (C=N–C) groups is 1. The number of allylic oxidation sites excluding steroid dienone is 4. The lowest BCUT2D eigenvalue weighted by atomic mass is 9.90. The van der Waals surface area contributed by atoms with Gasteiger partial charge in [-0.3, -0.25) is 4.99 Å². The van der Waals surface area contributed by atoms with Crippen LogP contribution in [0.2, 0.25) is 0 Å². The lowest BCUT2D eigenvalue weighted by Gasteiger charge is -2.16. The Bertz CT molecular complexity index is 527. The van der Waals surface area contributed by atoms with Crippen molar-refractivity contribution in [1.29, 1.82) is 0 Å². The molecule has 1 unspecified atom stereocenters. The summed E-state index contributed by atoms with van der Waals surface area (Å²) in [5.74, 6) is 0.444. The zero-order chi connectivity index (χ0) is 13.9. The maximum atomic E-state index is 4.58. The summed E-state index contributed by atoms with van der Waals surface area (Å²) >= 11 is 0. The fourth-order valence-corrected chi connectivity index (χ4v) is 2.36. The minimum Gasteiger partial charge on any atom is -0.291 e. The topological polar surface area (TPSA) is 12.4 Å². The van der Waals surface area contributed by atoms with Crippen molar-refractivity contribution in [3.05, 3.63) is 59.2 Å². The van der Waals surface area contributed by atoms with E-state index in [2.05, 4.69) is 81.4 Å². The van der Waals surface area contributed by atoms with Crippen LogP contribution in [0.25, 0.3) is 0 Å². The molecule has 1 nitrogen and oxygen atoms in total. The van der Waals surface area contributed by atoms with Gasteiger partial charge in [0.1, 0.15) is 0 Å². The van der Waals surface area contributed by atoms with Crippen LogP contribution in [0.1, 0.15) is 44.7 Å². The summed E-state index contributed by atoms with van der Waals surface area (Å²) in [5.41, 5.74) is 4.21. The van der Waals surface area contributed by atoms with Gasteiger partial charge in [0.15, 0.2) is 0 Å². The van der Waals surface area contributed by atoms with Gasteiger partial charge in [0.05, 0.1) is 5.54 Å². The molecule has 0 radical (unpaired) electrons. The molecule has 1 heteroatoms. The van der Waals surface area contributed by atoms with Crippen molar-refractivity contribution in [3.8, 4) is 0 Å². The Hall–Kier alpha value is -1.63. The van der Waals surface area contributed by atoms with Crippen LogP contribution >= 0.6 is 0 Å². The molecule has 1 aliphatic carbocycles. The fraction of sp³-hybridized carbons (Fsp3) is 0.389. The lowest BCUT2D eigenvalue weighted by molar-refractivity contribution is 0.585. The number of benzene rings is 1. The largest absolute Gasteiger partial charge is 0.291 e. The molecule has 0 spiro atoms. The number of hydrogen-bond acceptors (Lipinski definition) is 1. The van der Waals surface area contributed by atoms with Gasteiger partial charge >= 0.3 is 0 Å². The minimum absolute atomic E-state index is 0.0119. The van der Waals surface area contributed by atoms with Crippen molar-refractivity contribution >= 4 is 6.21 Å². The van der Waals surface area contributed by atoms with E-state index < -0.39 is 0 Å². The molecular formula is C18H23N. The van der Waals surface area contributed by atoms with Crippen molar-refractivity contribution in [2.75, 3.05) is 0 Å². The Morgan fingerprint density at radius 3 is 2.58 bits per heavy atom. The van der Waals surface area contributed by atoms with Gasteiger partial charge in [-0.2, -0.15) is 0 Å². The molecule has 1 atom stereocenters. The van der Waals surface area contributed by atoms with Gasteiger partial charge in [0.2, 0.25) is 0 Å². The highest BCUT2D eigenvalue weighted by Crippen LogP contribution is 2.31. The first kappa shape index (κ1) is 13.8. The van der Waals surface area contributed by atoms with E-state index in [1.807, 2.05) is 0 Å². The number of rotatable bonds is 3. The van der Waals surface area contributed by atoms with E-state index in [9.17, 15) is 0 Å². The zero-order valence-electron chi connectivity index (χ0n) is 12.4. The predicted octanol–water partition coefficient (Wildman–Crippen LogP) is 4.70. The van der Waals surface area contributed by atoms with E-state index in [4.69, 9.17) is 0 Å². The summed E-state index contributed by atoms with van der Waals surface area (Å²) in [6, 6.07) is 8.68. The van der Waals surface area contributed by atoms with Crippen molar-refractivity contribution in [3.63, 3.8) is 0 Å². The number of hydrogen-bond donors (Lipinski definition) is 0. The van der Waals surface area contributed by atoms with Crippen LogP contribution in [0.15, 0.2) is 53.1 Å². The number of nitrogens with zero attached hydrogens (tertiary/aromatic N) is 1. The molecule has 0 aromatic heterocycles. The normalized spacial score (nSPS) is 19.2. The Morgan fingerprint density at radius 1 is 1.21 bits per heavy atom. The molecule has 0 N–H and O–H groups in total. The van der Waals surface area contributed by atoms with Gasteiger partial charge in [-0.15, -0.1) is 0 Å². The average Bonchev–Trinajstić information content (AvgIpc) is 2.74. The van der Waals surface area contributed by atoms with Crippen LogP contribution in [0.4, 0.5) is 0 Å². The maximum absolute atomic E-state index is 4.58. The molecule has 0 aliphatic heterocycles. The molecule has 0 bridgehead atoms. The minimum atomic E-state index is 0.0119. The summed E-state index contributed by atoms with van der Waals surface area (Å²) in [7, 11) is 0. The zero-order valence-corrected chi connectivity index (χ0v) is 12.4. The summed E-state index contributed by atoms with van der Waals surface area (Å²) in [4.78, 5) is 4.58. The van der Waals surface area contributed by atoms with Crippen molar-refractivity contribution in [2.24, 2.45) is 4.99 Å². The predicted molar refractivity (Wildman–Crippen MR) is 84.0 cm³/mol. The molecule has 0 saturated carbocycles. The quantitative estimate of drug-likeness (QED) is 0.692. The smallest absolute Gasteiger partial charge is 0.0520 e. The van der Waals surface area contributed by atoms with Crippen LogP contribution in [0.3, 0.4) is 0 Å². The summed E-state index contributed by atoms with van der Waals surface area (Å²) < 4.78 is 0. The molecule has 1 aromatic rings. The molecule has 0 fully saturated rings. The monoisotopic (exact) mass is 253 g/mol. The first-order valence-electron chi connectivity index (χ1n) is 6.94. The molecule has 100 valence electrons. The van der Waals surface area contributed by atoms with Crippen LogP contribution in [0, 0.1) is 0 Å². The molecule has 2 rings (SSSR count). The lowest BCUT2D eigenvalue weighted by Crippen LogP contribution is -2.10. The molecule has 0 amide bonds. The maximum Gasteiger partial charge on any atom is 0.0520 e. The van der Waals surface area contributed by atoms with Crippen LogP contribution in [-0.2, 0) is 6.42 Å². The van der Waals surface area contributed by atoms with Crippen molar-refractivity contribution in [1.82, 2.24) is 0 Å². The second-order valence-electron chi connectivity index (χ2n) is 6.16. The second kappa shape index (κ2) is 5.56. The third-order valence-electron chi connectivity index (χ3n) is 3.33. The van der Waals surface area contributed by atoms with Crippen LogP contribution in [0.5, 0.6) is 0 Å². The second-order valence-corrected chi connectivity index (χ2v) is 6.16. The van der Waals surface area contributed by atoms with E-state index in [1.165, 1.54) is 16.7 Å². The first-order valence-corrected chi connectivity index (χ1v) is 6.94. The van der Waals surface area contributed by atoms with Gasteiger partial charge in [-0.05, 0) is 38.8 Å². The third-order valence-corrected chi connectivity index (χ3v) is 3.33. The Morgan fingerprint density at radius 2 is 1.95 bits per heavy atom. The van der Waals surface area contributed by atoms with Gasteiger partial charge in [-0.25, -0.2) is 0 Å². The summed E-state index contributed by atoms with van der Waals surface area (Å²) in [5, 5.41) is 0. The highest BCUT2D eigenvalue weighted by Gasteiger charge is 2.16. The highest BCUT2D eigenvalue weighted by molar-refractivity contribution is 5.63. The van der Waals surface area contributed by atoms with Crippen molar-refractivity contribution < 1.29 is 0 Å². The molecule has 19 heavy (non-hydrogen) atoms. The van der Waals surface area contributed by atoms with Crippen LogP contribution in [-0.4, -0.2) is 11.8 Å². The average molecular weight is 253 g/mol. The fourth-order valence-electron chi connectivity index (χ4n) is 2.36.